The lowest BCUT2D eigenvalue weighted by atomic mass is 9.97. The number of carbonyl (C=O) groups is 1. The van der Waals surface area contributed by atoms with Crippen LogP contribution in [0.25, 0.3) is 11.3 Å². The third-order valence-corrected chi connectivity index (χ3v) is 4.74. The number of piperidine rings is 1. The number of likely N-dealkylation sites (N-methyl/N-ethyl adjacent to an activating group) is 1. The molecule has 6 heteroatoms. The lowest BCUT2D eigenvalue weighted by Crippen LogP contribution is -2.31. The number of aldehydes is 1. The van der Waals surface area contributed by atoms with E-state index in [9.17, 15) is 0 Å². The number of nitrogens with zero attached hydrogens (tertiary/aromatic N) is 4. The second-order valence-corrected chi connectivity index (χ2v) is 7.07. The van der Waals surface area contributed by atoms with Crippen LogP contribution in [0.5, 0.6) is 0 Å². The van der Waals surface area contributed by atoms with Gasteiger partial charge in [-0.2, -0.15) is 0 Å². The van der Waals surface area contributed by atoms with Crippen LogP contribution in [-0.4, -0.2) is 46.3 Å². The maximum absolute atomic E-state index is 8.81. The third kappa shape index (κ3) is 5.93. The first kappa shape index (κ1) is 20.6. The molecule has 1 aliphatic rings. The Balaban J connectivity index is 0.000000755. The summed E-state index contributed by atoms with van der Waals surface area (Å²) in [6, 6.07) is 16.1. The number of para-hydroxylation sites is 1. The highest BCUT2D eigenvalue weighted by molar-refractivity contribution is 5.65. The molecule has 29 heavy (non-hydrogen) atoms. The number of likely N-dealkylation sites (tertiary alicyclic amines) is 1. The standard InChI is InChI=1S/C21H23N5.C2H4O/c1-26-12-6-8-17(15-26)21-24-19(16-7-5-11-22-14-16)13-20(25-21)23-18-9-3-2-4-10-18;1-2-3/h2-5,7,9-11,13-14,17H,6,8,12,15H2,1H3,(H,23,24,25);2H,1H3. The van der Waals surface area contributed by atoms with E-state index in [0.717, 1.165) is 54.4 Å². The van der Waals surface area contributed by atoms with E-state index in [4.69, 9.17) is 14.8 Å². The molecule has 1 fully saturated rings. The van der Waals surface area contributed by atoms with Crippen molar-refractivity contribution in [2.24, 2.45) is 0 Å². The minimum Gasteiger partial charge on any atom is -0.340 e. The van der Waals surface area contributed by atoms with Gasteiger partial charge in [0.05, 0.1) is 5.69 Å². The lowest BCUT2D eigenvalue weighted by Gasteiger charge is -2.29. The van der Waals surface area contributed by atoms with Crippen LogP contribution in [0.1, 0.15) is 31.5 Å². The highest BCUT2D eigenvalue weighted by atomic mass is 16.1. The van der Waals surface area contributed by atoms with Crippen LogP contribution in [-0.2, 0) is 4.79 Å². The molecule has 0 spiro atoms. The van der Waals surface area contributed by atoms with Crippen molar-refractivity contribution in [1.82, 2.24) is 19.9 Å². The second-order valence-electron chi connectivity index (χ2n) is 7.07. The molecule has 3 aromatic rings. The fourth-order valence-corrected chi connectivity index (χ4v) is 3.42. The molecule has 2 aromatic heterocycles. The van der Waals surface area contributed by atoms with E-state index in [-0.39, 0.29) is 0 Å². The average molecular weight is 390 g/mol. The van der Waals surface area contributed by atoms with Crippen molar-refractivity contribution in [2.45, 2.75) is 25.7 Å². The molecule has 0 aliphatic carbocycles. The zero-order valence-electron chi connectivity index (χ0n) is 17.0. The summed E-state index contributed by atoms with van der Waals surface area (Å²) < 4.78 is 0. The summed E-state index contributed by atoms with van der Waals surface area (Å²) in [4.78, 5) is 25.1. The van der Waals surface area contributed by atoms with Crippen LogP contribution in [0.15, 0.2) is 60.9 Å². The van der Waals surface area contributed by atoms with E-state index in [2.05, 4.69) is 22.2 Å². The first-order valence-electron chi connectivity index (χ1n) is 9.89. The number of anilines is 2. The van der Waals surface area contributed by atoms with E-state index >= 15 is 0 Å². The molecular weight excluding hydrogens is 362 g/mol. The molecular formula is C23H27N5O. The number of pyridine rings is 1. The molecule has 1 atom stereocenters. The highest BCUT2D eigenvalue weighted by Crippen LogP contribution is 2.28. The van der Waals surface area contributed by atoms with Gasteiger partial charge in [0.1, 0.15) is 17.9 Å². The molecule has 6 nitrogen and oxygen atoms in total. The molecule has 150 valence electrons. The van der Waals surface area contributed by atoms with Crippen LogP contribution in [0.4, 0.5) is 11.5 Å². The largest absolute Gasteiger partial charge is 0.340 e. The SMILES string of the molecule is CC=O.CN1CCCC(c2nc(Nc3ccccc3)cc(-c3cccnc3)n2)C1. The molecule has 1 N–H and O–H groups in total. The van der Waals surface area contributed by atoms with E-state index in [0.29, 0.717) is 5.92 Å². The van der Waals surface area contributed by atoms with Crippen LogP contribution in [0.3, 0.4) is 0 Å². The fraction of sp³-hybridized carbons (Fsp3) is 0.304. The van der Waals surface area contributed by atoms with Crippen molar-refractivity contribution in [1.29, 1.82) is 0 Å². The van der Waals surface area contributed by atoms with E-state index in [1.807, 2.05) is 54.7 Å². The Bertz CT molecular complexity index is 902. The van der Waals surface area contributed by atoms with Crippen molar-refractivity contribution in [3.8, 4) is 11.3 Å². The first-order chi connectivity index (χ1) is 14.2. The van der Waals surface area contributed by atoms with Crippen LogP contribution in [0, 0.1) is 0 Å². The maximum Gasteiger partial charge on any atom is 0.135 e. The van der Waals surface area contributed by atoms with Gasteiger partial charge in [0.15, 0.2) is 0 Å². The van der Waals surface area contributed by atoms with Gasteiger partial charge in [0.2, 0.25) is 0 Å². The van der Waals surface area contributed by atoms with Gasteiger partial charge in [-0.05, 0) is 57.6 Å². The Morgan fingerprint density at radius 3 is 2.62 bits per heavy atom. The minimum absolute atomic E-state index is 0.363. The van der Waals surface area contributed by atoms with E-state index in [1.54, 1.807) is 6.20 Å². The highest BCUT2D eigenvalue weighted by Gasteiger charge is 2.22. The van der Waals surface area contributed by atoms with Crippen molar-refractivity contribution in [3.63, 3.8) is 0 Å². The number of carbonyl (C=O) groups excluding carboxylic acids is 1. The first-order valence-corrected chi connectivity index (χ1v) is 9.89. The molecule has 4 rings (SSSR count). The van der Waals surface area contributed by atoms with Crippen LogP contribution >= 0.6 is 0 Å². The summed E-state index contributed by atoms with van der Waals surface area (Å²) in [7, 11) is 2.17. The minimum atomic E-state index is 0.363. The summed E-state index contributed by atoms with van der Waals surface area (Å²) in [5.41, 5.74) is 2.95. The normalized spacial score (nSPS) is 16.4. The Kier molecular flexibility index (Phi) is 7.41. The quantitative estimate of drug-likeness (QED) is 0.671. The molecule has 0 amide bonds. The van der Waals surface area contributed by atoms with Gasteiger partial charge >= 0.3 is 0 Å². The number of nitrogens with one attached hydrogen (secondary N) is 1. The Hall–Kier alpha value is -3.12. The third-order valence-electron chi connectivity index (χ3n) is 4.74. The number of hydrogen-bond acceptors (Lipinski definition) is 6. The summed E-state index contributed by atoms with van der Waals surface area (Å²) in [6.45, 7) is 3.59. The number of rotatable bonds is 4. The second kappa shape index (κ2) is 10.4. The average Bonchev–Trinajstić information content (AvgIpc) is 2.75. The Morgan fingerprint density at radius 2 is 1.93 bits per heavy atom. The number of aromatic nitrogens is 3. The zero-order chi connectivity index (χ0) is 20.5. The van der Waals surface area contributed by atoms with Gasteiger partial charge in [-0.1, -0.05) is 18.2 Å². The molecule has 1 aliphatic heterocycles. The predicted molar refractivity (Wildman–Crippen MR) is 116 cm³/mol. The molecule has 0 radical (unpaired) electrons. The van der Waals surface area contributed by atoms with Crippen molar-refractivity contribution in [3.05, 3.63) is 66.7 Å². The van der Waals surface area contributed by atoms with Gasteiger partial charge in [-0.15, -0.1) is 0 Å². The smallest absolute Gasteiger partial charge is 0.135 e. The van der Waals surface area contributed by atoms with Gasteiger partial charge in [-0.25, -0.2) is 9.97 Å². The van der Waals surface area contributed by atoms with Crippen molar-refractivity contribution < 1.29 is 4.79 Å². The van der Waals surface area contributed by atoms with Gasteiger partial charge < -0.3 is 15.0 Å². The van der Waals surface area contributed by atoms with Crippen LogP contribution in [0.2, 0.25) is 0 Å². The fourth-order valence-electron chi connectivity index (χ4n) is 3.42. The van der Waals surface area contributed by atoms with Crippen molar-refractivity contribution >= 4 is 17.8 Å². The molecule has 1 aromatic carbocycles. The Labute approximate surface area is 172 Å². The van der Waals surface area contributed by atoms with Crippen molar-refractivity contribution in [2.75, 3.05) is 25.5 Å². The lowest BCUT2D eigenvalue weighted by molar-refractivity contribution is -0.106. The molecule has 1 saturated heterocycles. The van der Waals surface area contributed by atoms with Gasteiger partial charge in [0.25, 0.3) is 0 Å². The Morgan fingerprint density at radius 1 is 1.14 bits per heavy atom. The topological polar surface area (TPSA) is 71.0 Å². The van der Waals surface area contributed by atoms with Gasteiger partial charge in [0, 0.05) is 42.2 Å². The molecule has 0 bridgehead atoms. The predicted octanol–water partition coefficient (Wildman–Crippen LogP) is 4.30. The molecule has 1 unspecified atom stereocenters. The number of benzene rings is 1. The monoisotopic (exact) mass is 389 g/mol. The summed E-state index contributed by atoms with van der Waals surface area (Å²) in [5.74, 6) is 2.10. The number of hydrogen-bond donors (Lipinski definition) is 1. The van der Waals surface area contributed by atoms with Gasteiger partial charge in [-0.3, -0.25) is 4.98 Å². The van der Waals surface area contributed by atoms with Crippen LogP contribution < -0.4 is 5.32 Å². The molecule has 0 saturated carbocycles. The van der Waals surface area contributed by atoms with E-state index < -0.39 is 0 Å². The maximum atomic E-state index is 8.81. The zero-order valence-corrected chi connectivity index (χ0v) is 17.0. The summed E-state index contributed by atoms with van der Waals surface area (Å²) >= 11 is 0. The summed E-state index contributed by atoms with van der Waals surface area (Å²) in [6.07, 6.45) is 6.70. The van der Waals surface area contributed by atoms with E-state index in [1.165, 1.54) is 13.3 Å². The summed E-state index contributed by atoms with van der Waals surface area (Å²) in [5, 5.41) is 3.42. The molecule has 3 heterocycles.